The fraction of sp³-hybridized carbons (Fsp3) is 0.167. The molecule has 90 valence electrons. The molecular formula is C12H13NO4. The van der Waals surface area contributed by atoms with E-state index in [1.54, 1.807) is 0 Å². The first-order chi connectivity index (χ1) is 8.09. The van der Waals surface area contributed by atoms with Crippen molar-refractivity contribution >= 4 is 17.6 Å². The molecule has 0 spiro atoms. The predicted octanol–water partition coefficient (Wildman–Crippen LogP) is 1.58. The number of hydrogen-bond donors (Lipinski definition) is 3. The molecule has 0 saturated heterocycles. The first-order valence-electron chi connectivity index (χ1n) is 5.05. The van der Waals surface area contributed by atoms with Gasteiger partial charge in [-0.25, -0.2) is 9.59 Å². The van der Waals surface area contributed by atoms with Gasteiger partial charge in [-0.15, -0.1) is 0 Å². The molecule has 0 aromatic heterocycles. The number of hydrogen-bond acceptors (Lipinski definition) is 3. The number of benzene rings is 1. The van der Waals surface area contributed by atoms with Gasteiger partial charge in [0.15, 0.2) is 0 Å². The fourth-order valence-electron chi connectivity index (χ4n) is 1.29. The van der Waals surface area contributed by atoms with Gasteiger partial charge in [-0.05, 0) is 18.6 Å². The molecule has 3 N–H and O–H groups in total. The van der Waals surface area contributed by atoms with E-state index in [0.29, 0.717) is 6.54 Å². The van der Waals surface area contributed by atoms with E-state index in [2.05, 4.69) is 5.32 Å². The Bertz CT molecular complexity index is 425. The van der Waals surface area contributed by atoms with Crippen LogP contribution in [0.15, 0.2) is 42.0 Å². The molecule has 0 saturated carbocycles. The SMILES string of the molecule is O=C(O)C=C(CCNc1ccccc1)C(=O)O. The lowest BCUT2D eigenvalue weighted by Crippen LogP contribution is -2.10. The van der Waals surface area contributed by atoms with Crippen molar-refractivity contribution in [3.63, 3.8) is 0 Å². The van der Waals surface area contributed by atoms with Gasteiger partial charge in [0.05, 0.1) is 0 Å². The maximum Gasteiger partial charge on any atom is 0.331 e. The van der Waals surface area contributed by atoms with Crippen LogP contribution in [0.5, 0.6) is 0 Å². The number of nitrogens with one attached hydrogen (secondary N) is 1. The van der Waals surface area contributed by atoms with Crippen molar-refractivity contribution in [2.45, 2.75) is 6.42 Å². The van der Waals surface area contributed by atoms with E-state index >= 15 is 0 Å². The summed E-state index contributed by atoms with van der Waals surface area (Å²) in [7, 11) is 0. The Hall–Kier alpha value is -2.30. The average Bonchev–Trinajstić information content (AvgIpc) is 2.28. The molecule has 0 heterocycles. The molecule has 0 fully saturated rings. The van der Waals surface area contributed by atoms with Crippen LogP contribution in [-0.4, -0.2) is 28.7 Å². The highest BCUT2D eigenvalue weighted by atomic mass is 16.4. The summed E-state index contributed by atoms with van der Waals surface area (Å²) in [6, 6.07) is 9.28. The highest BCUT2D eigenvalue weighted by Crippen LogP contribution is 2.07. The zero-order chi connectivity index (χ0) is 12.7. The second-order valence-electron chi connectivity index (χ2n) is 3.36. The van der Waals surface area contributed by atoms with Gasteiger partial charge in [0, 0.05) is 23.9 Å². The van der Waals surface area contributed by atoms with Crippen LogP contribution in [-0.2, 0) is 9.59 Å². The second kappa shape index (κ2) is 6.32. The molecule has 0 aliphatic rings. The molecule has 0 aliphatic carbocycles. The van der Waals surface area contributed by atoms with E-state index < -0.39 is 11.9 Å². The molecule has 0 bridgehead atoms. The molecule has 1 rings (SSSR count). The fourth-order valence-corrected chi connectivity index (χ4v) is 1.29. The quantitative estimate of drug-likeness (QED) is 0.652. The maximum atomic E-state index is 10.7. The lowest BCUT2D eigenvalue weighted by molar-refractivity contribution is -0.135. The van der Waals surface area contributed by atoms with Crippen LogP contribution < -0.4 is 5.32 Å². The minimum absolute atomic E-state index is 0.124. The molecule has 0 radical (unpaired) electrons. The average molecular weight is 235 g/mol. The van der Waals surface area contributed by atoms with Gasteiger partial charge in [-0.3, -0.25) is 0 Å². The molecule has 0 unspecified atom stereocenters. The topological polar surface area (TPSA) is 86.6 Å². The third-order valence-corrected chi connectivity index (χ3v) is 2.07. The Balaban J connectivity index is 2.49. The summed E-state index contributed by atoms with van der Waals surface area (Å²) in [5.41, 5.74) is 0.744. The molecular weight excluding hydrogens is 222 g/mol. The van der Waals surface area contributed by atoms with Crippen LogP contribution in [0, 0.1) is 0 Å². The van der Waals surface area contributed by atoms with Crippen LogP contribution in [0.25, 0.3) is 0 Å². The van der Waals surface area contributed by atoms with Crippen molar-refractivity contribution in [1.29, 1.82) is 0 Å². The van der Waals surface area contributed by atoms with Crippen LogP contribution in [0.3, 0.4) is 0 Å². The number of para-hydroxylation sites is 1. The molecule has 0 atom stereocenters. The first kappa shape index (κ1) is 12.8. The van der Waals surface area contributed by atoms with E-state index in [9.17, 15) is 9.59 Å². The summed E-state index contributed by atoms with van der Waals surface area (Å²) >= 11 is 0. The van der Waals surface area contributed by atoms with Crippen molar-refractivity contribution < 1.29 is 19.8 Å². The van der Waals surface area contributed by atoms with Crippen molar-refractivity contribution in [2.24, 2.45) is 0 Å². The Morgan fingerprint density at radius 3 is 2.35 bits per heavy atom. The zero-order valence-corrected chi connectivity index (χ0v) is 9.09. The van der Waals surface area contributed by atoms with Crippen molar-refractivity contribution in [3.05, 3.63) is 42.0 Å². The Labute approximate surface area is 98.4 Å². The minimum Gasteiger partial charge on any atom is -0.478 e. The van der Waals surface area contributed by atoms with E-state index in [-0.39, 0.29) is 12.0 Å². The lowest BCUT2D eigenvalue weighted by atomic mass is 10.1. The number of carboxylic acids is 2. The van der Waals surface area contributed by atoms with Crippen molar-refractivity contribution in [2.75, 3.05) is 11.9 Å². The van der Waals surface area contributed by atoms with E-state index in [1.807, 2.05) is 30.3 Å². The minimum atomic E-state index is -1.25. The summed E-state index contributed by atoms with van der Waals surface area (Å²) < 4.78 is 0. The summed E-state index contributed by atoms with van der Waals surface area (Å²) in [6.07, 6.45) is 0.867. The number of anilines is 1. The van der Waals surface area contributed by atoms with Crippen LogP contribution in [0.1, 0.15) is 6.42 Å². The predicted molar refractivity (Wildman–Crippen MR) is 62.9 cm³/mol. The standard InChI is InChI=1S/C12H13NO4/c14-11(15)8-9(12(16)17)6-7-13-10-4-2-1-3-5-10/h1-5,8,13H,6-7H2,(H,14,15)(H,16,17). The number of rotatable bonds is 6. The van der Waals surface area contributed by atoms with E-state index in [4.69, 9.17) is 10.2 Å². The number of carbonyl (C=O) groups is 2. The maximum absolute atomic E-state index is 10.7. The molecule has 17 heavy (non-hydrogen) atoms. The molecule has 1 aromatic carbocycles. The van der Waals surface area contributed by atoms with Gasteiger partial charge in [0.25, 0.3) is 0 Å². The van der Waals surface area contributed by atoms with Crippen molar-refractivity contribution in [1.82, 2.24) is 0 Å². The molecule has 0 aliphatic heterocycles. The van der Waals surface area contributed by atoms with Gasteiger partial charge >= 0.3 is 11.9 Å². The highest BCUT2D eigenvalue weighted by Gasteiger charge is 2.08. The first-order valence-corrected chi connectivity index (χ1v) is 5.05. The third kappa shape index (κ3) is 4.83. The summed E-state index contributed by atoms with van der Waals surface area (Å²) in [6.45, 7) is 0.370. The van der Waals surface area contributed by atoms with Gasteiger partial charge in [-0.2, -0.15) is 0 Å². The Morgan fingerprint density at radius 1 is 1.18 bits per heavy atom. The zero-order valence-electron chi connectivity index (χ0n) is 9.09. The van der Waals surface area contributed by atoms with Gasteiger partial charge in [0.1, 0.15) is 0 Å². The number of aliphatic carboxylic acids is 2. The molecule has 5 heteroatoms. The van der Waals surface area contributed by atoms with Gasteiger partial charge < -0.3 is 15.5 Å². The summed E-state index contributed by atoms with van der Waals surface area (Å²) in [4.78, 5) is 21.1. The van der Waals surface area contributed by atoms with Crippen LogP contribution in [0.4, 0.5) is 5.69 Å². The lowest BCUT2D eigenvalue weighted by Gasteiger charge is -2.06. The van der Waals surface area contributed by atoms with Crippen LogP contribution in [0.2, 0.25) is 0 Å². The Morgan fingerprint density at radius 2 is 1.82 bits per heavy atom. The third-order valence-electron chi connectivity index (χ3n) is 2.07. The van der Waals surface area contributed by atoms with Gasteiger partial charge in [-0.1, -0.05) is 18.2 Å². The summed E-state index contributed by atoms with van der Waals surface area (Å²) in [5, 5.41) is 20.3. The number of carboxylic acid groups (broad SMARTS) is 2. The molecule has 5 nitrogen and oxygen atoms in total. The largest absolute Gasteiger partial charge is 0.478 e. The molecule has 0 amide bonds. The monoisotopic (exact) mass is 235 g/mol. The van der Waals surface area contributed by atoms with Crippen molar-refractivity contribution in [3.8, 4) is 0 Å². The van der Waals surface area contributed by atoms with E-state index in [1.165, 1.54) is 0 Å². The Kier molecular flexibility index (Phi) is 4.75. The summed E-state index contributed by atoms with van der Waals surface area (Å²) in [5.74, 6) is -2.45. The van der Waals surface area contributed by atoms with Gasteiger partial charge in [0.2, 0.25) is 0 Å². The smallest absolute Gasteiger partial charge is 0.331 e. The highest BCUT2D eigenvalue weighted by molar-refractivity contribution is 5.94. The van der Waals surface area contributed by atoms with E-state index in [0.717, 1.165) is 11.8 Å². The molecule has 1 aromatic rings. The second-order valence-corrected chi connectivity index (χ2v) is 3.36. The normalized spacial score (nSPS) is 10.9. The van der Waals surface area contributed by atoms with Crippen LogP contribution >= 0.6 is 0 Å².